The molecule has 0 aliphatic heterocycles. The Morgan fingerprint density at radius 2 is 1.74 bits per heavy atom. The van der Waals surface area contributed by atoms with Gasteiger partial charge in [0.2, 0.25) is 11.1 Å². The summed E-state index contributed by atoms with van der Waals surface area (Å²) in [7, 11) is 0. The fourth-order valence-electron chi connectivity index (χ4n) is 2.68. The maximum absolute atomic E-state index is 13.0. The zero-order valence-corrected chi connectivity index (χ0v) is 15.9. The van der Waals surface area contributed by atoms with Crippen molar-refractivity contribution in [3.8, 4) is 5.69 Å². The molecule has 160 valence electrons. The molecular weight excluding hydrogens is 420 g/mol. The molecule has 6 nitrogen and oxygen atoms in total. The Morgan fingerprint density at radius 1 is 1.06 bits per heavy atom. The maximum atomic E-state index is 13.0. The number of ether oxygens (including phenoxy) is 1. The monoisotopic (exact) mass is 434 g/mol. The highest BCUT2D eigenvalue weighted by molar-refractivity contribution is 5.98. The van der Waals surface area contributed by atoms with Crippen LogP contribution in [0.15, 0.2) is 59.4 Å². The maximum Gasteiger partial charge on any atom is 0.416 e. The molecule has 0 aliphatic carbocycles. The van der Waals surface area contributed by atoms with E-state index in [-0.39, 0.29) is 16.9 Å². The predicted octanol–water partition coefficient (Wildman–Crippen LogP) is 3.74. The Bertz CT molecular complexity index is 1200. The average Bonchev–Trinajstić information content (AvgIpc) is 2.72. The molecule has 1 aromatic heterocycles. The number of carbonyl (C=O) groups excluding carboxylic acids is 2. The van der Waals surface area contributed by atoms with Crippen molar-refractivity contribution in [3.05, 3.63) is 93.2 Å². The number of hydrogen-bond donors (Lipinski definition) is 0. The van der Waals surface area contributed by atoms with Crippen LogP contribution in [-0.2, 0) is 10.9 Å². The summed E-state index contributed by atoms with van der Waals surface area (Å²) < 4.78 is 57.7. The SMILES string of the molecule is Cc1cc(=O)c(C(=O)OCC(=O)c2ccc(F)cc2)nn1-c1cccc(C(F)(F)F)c1. The number of alkyl halides is 3. The van der Waals surface area contributed by atoms with E-state index in [0.29, 0.717) is 0 Å². The van der Waals surface area contributed by atoms with Gasteiger partial charge in [-0.3, -0.25) is 9.59 Å². The lowest BCUT2D eigenvalue weighted by Crippen LogP contribution is -2.25. The largest absolute Gasteiger partial charge is 0.452 e. The summed E-state index contributed by atoms with van der Waals surface area (Å²) in [5.74, 6) is -2.41. The molecule has 0 fully saturated rings. The van der Waals surface area contributed by atoms with Gasteiger partial charge in [0.1, 0.15) is 5.82 Å². The first-order valence-electron chi connectivity index (χ1n) is 8.81. The first-order valence-corrected chi connectivity index (χ1v) is 8.81. The third-order valence-electron chi connectivity index (χ3n) is 4.22. The van der Waals surface area contributed by atoms with Crippen LogP contribution in [0.2, 0.25) is 0 Å². The van der Waals surface area contributed by atoms with Crippen LogP contribution in [0.1, 0.15) is 32.1 Å². The van der Waals surface area contributed by atoms with Crippen molar-refractivity contribution < 1.29 is 31.9 Å². The summed E-state index contributed by atoms with van der Waals surface area (Å²) in [5.41, 5.74) is -2.20. The fourth-order valence-corrected chi connectivity index (χ4v) is 2.68. The molecule has 0 radical (unpaired) electrons. The van der Waals surface area contributed by atoms with Crippen LogP contribution in [-0.4, -0.2) is 28.1 Å². The minimum atomic E-state index is -4.59. The van der Waals surface area contributed by atoms with Gasteiger partial charge in [0.05, 0.1) is 11.3 Å². The van der Waals surface area contributed by atoms with Gasteiger partial charge in [0.25, 0.3) is 0 Å². The number of benzene rings is 2. The molecule has 0 bridgehead atoms. The lowest BCUT2D eigenvalue weighted by molar-refractivity contribution is -0.137. The minimum Gasteiger partial charge on any atom is -0.452 e. The third-order valence-corrected chi connectivity index (χ3v) is 4.22. The molecule has 3 rings (SSSR count). The van der Waals surface area contributed by atoms with Gasteiger partial charge in [-0.15, -0.1) is 0 Å². The number of aryl methyl sites for hydroxylation is 1. The average molecular weight is 434 g/mol. The van der Waals surface area contributed by atoms with E-state index < -0.39 is 47.0 Å². The molecule has 0 saturated carbocycles. The van der Waals surface area contributed by atoms with Crippen molar-refractivity contribution in [1.82, 2.24) is 9.78 Å². The molecule has 0 aliphatic rings. The van der Waals surface area contributed by atoms with E-state index in [1.54, 1.807) is 0 Å². The molecule has 3 aromatic rings. The molecule has 10 heteroatoms. The number of Topliss-reactive ketones (excluding diaryl/α,β-unsaturated/α-hetero) is 1. The highest BCUT2D eigenvalue weighted by atomic mass is 19.4. The zero-order valence-electron chi connectivity index (χ0n) is 15.9. The van der Waals surface area contributed by atoms with Crippen molar-refractivity contribution in [1.29, 1.82) is 0 Å². The number of ketones is 1. The molecule has 0 unspecified atom stereocenters. The Morgan fingerprint density at radius 3 is 2.39 bits per heavy atom. The lowest BCUT2D eigenvalue weighted by atomic mass is 10.1. The number of hydrogen-bond acceptors (Lipinski definition) is 5. The van der Waals surface area contributed by atoms with Crippen LogP contribution < -0.4 is 5.43 Å². The number of nitrogens with zero attached hydrogens (tertiary/aromatic N) is 2. The van der Waals surface area contributed by atoms with E-state index >= 15 is 0 Å². The van der Waals surface area contributed by atoms with Gasteiger partial charge in [-0.05, 0) is 49.4 Å². The van der Waals surface area contributed by atoms with Gasteiger partial charge in [0.15, 0.2) is 12.4 Å². The summed E-state index contributed by atoms with van der Waals surface area (Å²) in [4.78, 5) is 36.5. The highest BCUT2D eigenvalue weighted by Crippen LogP contribution is 2.30. The van der Waals surface area contributed by atoms with Crippen LogP contribution in [0.3, 0.4) is 0 Å². The van der Waals surface area contributed by atoms with Crippen molar-refractivity contribution in [3.63, 3.8) is 0 Å². The molecule has 31 heavy (non-hydrogen) atoms. The predicted molar refractivity (Wildman–Crippen MR) is 101 cm³/mol. The molecule has 0 spiro atoms. The highest BCUT2D eigenvalue weighted by Gasteiger charge is 2.30. The van der Waals surface area contributed by atoms with E-state index in [1.807, 2.05) is 0 Å². The standard InChI is InChI=1S/C21H14F4N2O4/c1-12-9-17(28)19(20(30)31-11-18(29)13-5-7-15(22)8-6-13)26-27(12)16-4-2-3-14(10-16)21(23,24)25/h2-10H,11H2,1H3. The Labute approximate surface area is 172 Å². The van der Waals surface area contributed by atoms with Crippen LogP contribution in [0.5, 0.6) is 0 Å². The number of aromatic nitrogens is 2. The number of rotatable bonds is 5. The number of carbonyl (C=O) groups is 2. The Hall–Kier alpha value is -3.82. The molecule has 0 amide bonds. The Balaban J connectivity index is 1.85. The topological polar surface area (TPSA) is 78.3 Å². The normalized spacial score (nSPS) is 11.3. The van der Waals surface area contributed by atoms with Crippen molar-refractivity contribution in [2.24, 2.45) is 0 Å². The molecular formula is C21H14F4N2O4. The van der Waals surface area contributed by atoms with Crippen LogP contribution in [0.25, 0.3) is 5.69 Å². The van der Waals surface area contributed by atoms with Crippen molar-refractivity contribution in [2.75, 3.05) is 6.61 Å². The van der Waals surface area contributed by atoms with Crippen LogP contribution in [0, 0.1) is 12.7 Å². The summed E-state index contributed by atoms with van der Waals surface area (Å²) in [6.45, 7) is 0.699. The van der Waals surface area contributed by atoms with Crippen molar-refractivity contribution >= 4 is 11.8 Å². The van der Waals surface area contributed by atoms with Gasteiger partial charge < -0.3 is 4.74 Å². The van der Waals surface area contributed by atoms with Crippen LogP contribution in [0.4, 0.5) is 17.6 Å². The van der Waals surface area contributed by atoms with Crippen LogP contribution >= 0.6 is 0 Å². The summed E-state index contributed by atoms with van der Waals surface area (Å²) >= 11 is 0. The van der Waals surface area contributed by atoms with E-state index in [4.69, 9.17) is 4.74 Å². The van der Waals surface area contributed by atoms with Crippen molar-refractivity contribution in [2.45, 2.75) is 13.1 Å². The number of esters is 1. The second kappa shape index (κ2) is 8.50. The van der Waals surface area contributed by atoms with Gasteiger partial charge >= 0.3 is 12.1 Å². The van der Waals surface area contributed by atoms with Gasteiger partial charge in [-0.2, -0.15) is 18.3 Å². The fraction of sp³-hybridized carbons (Fsp3) is 0.143. The van der Waals surface area contributed by atoms with Gasteiger partial charge in [0, 0.05) is 17.3 Å². The van der Waals surface area contributed by atoms with Gasteiger partial charge in [-0.1, -0.05) is 6.07 Å². The molecule has 1 heterocycles. The molecule has 0 saturated heterocycles. The summed E-state index contributed by atoms with van der Waals surface area (Å²) in [6.07, 6.45) is -4.59. The first-order chi connectivity index (χ1) is 14.6. The second-order valence-corrected chi connectivity index (χ2v) is 6.46. The minimum absolute atomic E-state index is 0.0243. The smallest absolute Gasteiger partial charge is 0.416 e. The summed E-state index contributed by atoms with van der Waals surface area (Å²) in [5, 5.41) is 3.83. The third kappa shape index (κ3) is 5.03. The molecule has 2 aromatic carbocycles. The second-order valence-electron chi connectivity index (χ2n) is 6.46. The number of halogens is 4. The van der Waals surface area contributed by atoms with E-state index in [2.05, 4.69) is 5.10 Å². The molecule has 0 atom stereocenters. The van der Waals surface area contributed by atoms with Gasteiger partial charge in [-0.25, -0.2) is 13.9 Å². The van der Waals surface area contributed by atoms with E-state index in [0.717, 1.165) is 41.1 Å². The quantitative estimate of drug-likeness (QED) is 0.347. The zero-order chi connectivity index (χ0) is 22.8. The van der Waals surface area contributed by atoms with E-state index in [9.17, 15) is 31.9 Å². The van der Waals surface area contributed by atoms with E-state index in [1.165, 1.54) is 25.1 Å². The Kier molecular flexibility index (Phi) is 6.00. The lowest BCUT2D eigenvalue weighted by Gasteiger charge is -2.13. The summed E-state index contributed by atoms with van der Waals surface area (Å²) in [6, 6.07) is 9.73. The molecule has 0 N–H and O–H groups in total. The first kappa shape index (κ1) is 21.9.